The third kappa shape index (κ3) is 2.99. The zero-order valence-electron chi connectivity index (χ0n) is 12.1. The third-order valence-corrected chi connectivity index (χ3v) is 3.52. The summed E-state index contributed by atoms with van der Waals surface area (Å²) in [5, 5.41) is 3.23. The van der Waals surface area contributed by atoms with E-state index < -0.39 is 0 Å². The Morgan fingerprint density at radius 3 is 2.25 bits per heavy atom. The van der Waals surface area contributed by atoms with Crippen molar-refractivity contribution in [1.29, 1.82) is 0 Å². The van der Waals surface area contributed by atoms with Crippen molar-refractivity contribution in [3.63, 3.8) is 0 Å². The number of hydrogen-bond donors (Lipinski definition) is 1. The van der Waals surface area contributed by atoms with E-state index in [1.54, 1.807) is 6.07 Å². The Labute approximate surface area is 119 Å². The lowest BCUT2D eigenvalue weighted by Crippen LogP contribution is -2.17. The van der Waals surface area contributed by atoms with Crippen LogP contribution in [0.15, 0.2) is 42.5 Å². The summed E-state index contributed by atoms with van der Waals surface area (Å²) in [4.78, 5) is 0. The second-order valence-corrected chi connectivity index (χ2v) is 4.71. The number of halogens is 1. The standard InChI is InChI=1S/C17H20FNO/c1-4-12-5-7-13(8-6-12)17(19-2)14-9-10-16(20-3)15(18)11-14/h5-11,17,19H,4H2,1-3H3. The third-order valence-electron chi connectivity index (χ3n) is 3.52. The van der Waals surface area contributed by atoms with E-state index >= 15 is 0 Å². The SMILES string of the molecule is CCc1ccc(C(NC)c2ccc(OC)c(F)c2)cc1. The Kier molecular flexibility index (Phi) is 4.74. The van der Waals surface area contributed by atoms with Gasteiger partial charge in [0.05, 0.1) is 13.2 Å². The summed E-state index contributed by atoms with van der Waals surface area (Å²) in [5.41, 5.74) is 3.30. The van der Waals surface area contributed by atoms with Gasteiger partial charge in [-0.15, -0.1) is 0 Å². The molecule has 0 heterocycles. The van der Waals surface area contributed by atoms with Crippen LogP contribution in [0.5, 0.6) is 5.75 Å². The highest BCUT2D eigenvalue weighted by Gasteiger charge is 2.14. The van der Waals surface area contributed by atoms with Crippen LogP contribution < -0.4 is 10.1 Å². The van der Waals surface area contributed by atoms with E-state index in [1.165, 1.54) is 18.7 Å². The molecule has 1 unspecified atom stereocenters. The number of benzene rings is 2. The Hall–Kier alpha value is -1.87. The monoisotopic (exact) mass is 273 g/mol. The maximum Gasteiger partial charge on any atom is 0.165 e. The van der Waals surface area contributed by atoms with Crippen LogP contribution in [0.2, 0.25) is 0 Å². The molecule has 2 aromatic carbocycles. The van der Waals surface area contributed by atoms with Crippen LogP contribution in [0.4, 0.5) is 4.39 Å². The van der Waals surface area contributed by atoms with E-state index in [1.807, 2.05) is 13.1 Å². The predicted octanol–water partition coefficient (Wildman–Crippen LogP) is 3.71. The van der Waals surface area contributed by atoms with Crippen molar-refractivity contribution in [2.45, 2.75) is 19.4 Å². The molecule has 2 nitrogen and oxygen atoms in total. The maximum atomic E-state index is 13.8. The number of rotatable bonds is 5. The molecule has 20 heavy (non-hydrogen) atoms. The quantitative estimate of drug-likeness (QED) is 0.896. The van der Waals surface area contributed by atoms with Crippen molar-refractivity contribution in [1.82, 2.24) is 5.32 Å². The molecule has 0 bridgehead atoms. The molecule has 0 aromatic heterocycles. The lowest BCUT2D eigenvalue weighted by Gasteiger charge is -2.18. The second-order valence-electron chi connectivity index (χ2n) is 4.71. The van der Waals surface area contributed by atoms with Gasteiger partial charge in [-0.05, 0) is 42.3 Å². The molecule has 0 fully saturated rings. The van der Waals surface area contributed by atoms with Gasteiger partial charge in [0, 0.05) is 0 Å². The summed E-state index contributed by atoms with van der Waals surface area (Å²) in [5.74, 6) is -0.0691. The zero-order chi connectivity index (χ0) is 14.5. The minimum Gasteiger partial charge on any atom is -0.494 e. The van der Waals surface area contributed by atoms with Crippen molar-refractivity contribution in [3.05, 3.63) is 65.0 Å². The molecule has 0 amide bonds. The van der Waals surface area contributed by atoms with E-state index in [4.69, 9.17) is 4.74 Å². The first-order valence-corrected chi connectivity index (χ1v) is 6.79. The van der Waals surface area contributed by atoms with Gasteiger partial charge >= 0.3 is 0 Å². The van der Waals surface area contributed by atoms with Gasteiger partial charge < -0.3 is 10.1 Å². The summed E-state index contributed by atoms with van der Waals surface area (Å²) in [6.07, 6.45) is 1.02. The topological polar surface area (TPSA) is 21.3 Å². The first kappa shape index (κ1) is 14.5. The van der Waals surface area contributed by atoms with Crippen LogP contribution in [0.3, 0.4) is 0 Å². The second kappa shape index (κ2) is 6.53. The van der Waals surface area contributed by atoms with Crippen LogP contribution in [0.1, 0.15) is 29.7 Å². The first-order valence-electron chi connectivity index (χ1n) is 6.79. The minimum atomic E-state index is -0.338. The van der Waals surface area contributed by atoms with Gasteiger partial charge in [0.15, 0.2) is 11.6 Å². The van der Waals surface area contributed by atoms with Crippen LogP contribution in [-0.2, 0) is 6.42 Å². The summed E-state index contributed by atoms with van der Waals surface area (Å²) in [6.45, 7) is 2.13. The Morgan fingerprint density at radius 1 is 1.10 bits per heavy atom. The fourth-order valence-corrected chi connectivity index (χ4v) is 2.33. The molecular formula is C17H20FNO. The van der Waals surface area contributed by atoms with Crippen molar-refractivity contribution in [2.24, 2.45) is 0 Å². The average Bonchev–Trinajstić information content (AvgIpc) is 2.49. The van der Waals surface area contributed by atoms with E-state index in [2.05, 4.69) is 36.5 Å². The highest BCUT2D eigenvalue weighted by atomic mass is 19.1. The minimum absolute atomic E-state index is 0.0266. The van der Waals surface area contributed by atoms with Crippen LogP contribution >= 0.6 is 0 Å². The number of methoxy groups -OCH3 is 1. The molecule has 0 aliphatic carbocycles. The molecule has 1 atom stereocenters. The predicted molar refractivity (Wildman–Crippen MR) is 79.7 cm³/mol. The van der Waals surface area contributed by atoms with Gasteiger partial charge in [-0.1, -0.05) is 37.3 Å². The summed E-state index contributed by atoms with van der Waals surface area (Å²) < 4.78 is 18.8. The van der Waals surface area contributed by atoms with Crippen LogP contribution in [-0.4, -0.2) is 14.2 Å². The smallest absolute Gasteiger partial charge is 0.165 e. The van der Waals surface area contributed by atoms with E-state index in [-0.39, 0.29) is 17.6 Å². The number of hydrogen-bond acceptors (Lipinski definition) is 2. The number of ether oxygens (including phenoxy) is 1. The molecule has 2 aromatic rings. The van der Waals surface area contributed by atoms with Crippen LogP contribution in [0.25, 0.3) is 0 Å². The Balaban J connectivity index is 2.33. The van der Waals surface area contributed by atoms with Crippen LogP contribution in [0, 0.1) is 5.82 Å². The fourth-order valence-electron chi connectivity index (χ4n) is 2.33. The van der Waals surface area contributed by atoms with E-state index in [0.717, 1.165) is 17.5 Å². The molecule has 3 heteroatoms. The molecule has 0 radical (unpaired) electrons. The summed E-state index contributed by atoms with van der Waals surface area (Å²) in [6, 6.07) is 13.4. The Bertz CT molecular complexity index is 566. The van der Waals surface area contributed by atoms with Crippen molar-refractivity contribution in [3.8, 4) is 5.75 Å². The molecule has 1 N–H and O–H groups in total. The van der Waals surface area contributed by atoms with Gasteiger partial charge in [-0.2, -0.15) is 0 Å². The van der Waals surface area contributed by atoms with Gasteiger partial charge in [0.2, 0.25) is 0 Å². The normalized spacial score (nSPS) is 12.2. The van der Waals surface area contributed by atoms with E-state index in [9.17, 15) is 4.39 Å². The molecular weight excluding hydrogens is 253 g/mol. The molecule has 0 aliphatic heterocycles. The molecule has 0 saturated carbocycles. The molecule has 0 spiro atoms. The fraction of sp³-hybridized carbons (Fsp3) is 0.294. The average molecular weight is 273 g/mol. The lowest BCUT2D eigenvalue weighted by atomic mass is 9.97. The van der Waals surface area contributed by atoms with E-state index in [0.29, 0.717) is 0 Å². The largest absolute Gasteiger partial charge is 0.494 e. The van der Waals surface area contributed by atoms with Gasteiger partial charge in [0.25, 0.3) is 0 Å². The van der Waals surface area contributed by atoms with Crippen molar-refractivity contribution < 1.29 is 9.13 Å². The summed E-state index contributed by atoms with van der Waals surface area (Å²) >= 11 is 0. The van der Waals surface area contributed by atoms with Gasteiger partial charge in [0.1, 0.15) is 0 Å². The number of nitrogens with one attached hydrogen (secondary N) is 1. The van der Waals surface area contributed by atoms with Crippen molar-refractivity contribution in [2.75, 3.05) is 14.2 Å². The molecule has 0 saturated heterocycles. The number of aryl methyl sites for hydroxylation is 1. The highest BCUT2D eigenvalue weighted by Crippen LogP contribution is 2.26. The summed E-state index contributed by atoms with van der Waals surface area (Å²) in [7, 11) is 3.34. The maximum absolute atomic E-state index is 13.8. The lowest BCUT2D eigenvalue weighted by molar-refractivity contribution is 0.386. The van der Waals surface area contributed by atoms with Gasteiger partial charge in [-0.25, -0.2) is 4.39 Å². The first-order chi connectivity index (χ1) is 9.69. The highest BCUT2D eigenvalue weighted by molar-refractivity contribution is 5.37. The molecule has 0 aliphatic rings. The van der Waals surface area contributed by atoms with Crippen molar-refractivity contribution >= 4 is 0 Å². The molecule has 106 valence electrons. The zero-order valence-corrected chi connectivity index (χ0v) is 12.1. The molecule has 2 rings (SSSR count). The van der Waals surface area contributed by atoms with Gasteiger partial charge in [-0.3, -0.25) is 0 Å². The Morgan fingerprint density at radius 2 is 1.75 bits per heavy atom.